The molecule has 4 aliphatic carbocycles. The van der Waals surface area contributed by atoms with Gasteiger partial charge in [-0.3, -0.25) is 0 Å². The van der Waals surface area contributed by atoms with Crippen molar-refractivity contribution in [2.45, 2.75) is 165 Å². The van der Waals surface area contributed by atoms with Crippen LogP contribution in [0.15, 0.2) is 0 Å². The number of hydrogen-bond donors (Lipinski definition) is 7. The molecule has 4 saturated carbocycles. The van der Waals surface area contributed by atoms with Crippen LogP contribution in [-0.4, -0.2) is 128 Å². The van der Waals surface area contributed by atoms with Gasteiger partial charge >= 0.3 is 5.97 Å². The molecule has 0 amide bonds. The van der Waals surface area contributed by atoms with Crippen molar-refractivity contribution in [3.05, 3.63) is 0 Å². The summed E-state index contributed by atoms with van der Waals surface area (Å²) in [4.78, 5) is 12.9. The van der Waals surface area contributed by atoms with Crippen LogP contribution in [0.3, 0.4) is 0 Å². The van der Waals surface area contributed by atoms with Crippen molar-refractivity contribution >= 4 is 5.97 Å². The maximum Gasteiger partial charge on any atom is 0.335 e. The third kappa shape index (κ3) is 5.47. The summed E-state index contributed by atoms with van der Waals surface area (Å²) in [5.74, 6) is -0.0826. The van der Waals surface area contributed by atoms with Crippen molar-refractivity contribution in [2.75, 3.05) is 13.2 Å². The van der Waals surface area contributed by atoms with Crippen LogP contribution in [0.1, 0.15) is 92.4 Å². The van der Waals surface area contributed by atoms with Crippen LogP contribution in [0, 0.1) is 46.3 Å². The number of fused-ring (bicyclic) bond motifs is 7. The van der Waals surface area contributed by atoms with E-state index in [-0.39, 0.29) is 54.5 Å². The molecule has 3 heterocycles. The van der Waals surface area contributed by atoms with Gasteiger partial charge in [-0.15, -0.1) is 0 Å². The molecule has 286 valence electrons. The van der Waals surface area contributed by atoms with Crippen LogP contribution in [0.4, 0.5) is 0 Å². The second-order valence-corrected chi connectivity index (χ2v) is 17.7. The first kappa shape index (κ1) is 37.3. The number of hydrogen-bond acceptors (Lipinski definition) is 13. The molecule has 7 aliphatic rings. The summed E-state index contributed by atoms with van der Waals surface area (Å²) in [6, 6.07) is 0. The van der Waals surface area contributed by atoms with E-state index in [1.54, 1.807) is 6.92 Å². The minimum absolute atomic E-state index is 0.0253. The number of ether oxygens (including phenoxy) is 5. The maximum atomic E-state index is 12.9. The molecule has 0 aromatic heterocycles. The average Bonchev–Trinajstić information content (AvgIpc) is 3.53. The van der Waals surface area contributed by atoms with Gasteiger partial charge in [0.05, 0.1) is 37.1 Å². The fourth-order valence-electron chi connectivity index (χ4n) is 12.3. The van der Waals surface area contributed by atoms with Gasteiger partial charge in [-0.1, -0.05) is 34.6 Å². The lowest BCUT2D eigenvalue weighted by molar-refractivity contribution is -0.340. The van der Waals surface area contributed by atoms with Crippen LogP contribution in [-0.2, 0) is 28.5 Å². The predicted molar refractivity (Wildman–Crippen MR) is 175 cm³/mol. The highest BCUT2D eigenvalue weighted by atomic mass is 16.7. The second kappa shape index (κ2) is 13.1. The molecule has 3 aliphatic heterocycles. The number of aliphatic hydroxyl groups is 7. The fourth-order valence-corrected chi connectivity index (χ4v) is 12.3. The lowest BCUT2D eigenvalue weighted by Crippen LogP contribution is -2.71. The zero-order valence-corrected chi connectivity index (χ0v) is 30.1. The topological polar surface area (TPSA) is 205 Å². The first-order valence-electron chi connectivity index (χ1n) is 19.1. The Morgan fingerprint density at radius 3 is 2.36 bits per heavy atom. The van der Waals surface area contributed by atoms with Gasteiger partial charge in [0.15, 0.2) is 18.2 Å². The molecule has 20 atom stereocenters. The number of esters is 1. The predicted octanol–water partition coefficient (Wildman–Crippen LogP) is 0.996. The first-order valence-corrected chi connectivity index (χ1v) is 19.1. The number of aliphatic hydroxyl groups excluding tert-OH is 6. The number of carbonyl (C=O) groups excluding carboxylic acids is 1. The molecule has 0 aromatic carbocycles. The number of rotatable bonds is 6. The molecule has 7 N–H and O–H groups in total. The van der Waals surface area contributed by atoms with Crippen molar-refractivity contribution in [1.82, 2.24) is 0 Å². The third-order valence-electron chi connectivity index (χ3n) is 15.2. The van der Waals surface area contributed by atoms with E-state index in [4.69, 9.17) is 23.7 Å². The standard InChI is InChI=1S/C37H60O13/c1-6-22(39)32(44)47-25-14-36(45)27(40)11-19-20(35(36,5)13-24(25)48-33-31(43)30(42)29(41)26(15-38)49-33)8-9-34(4)21(19)12-23-28(34)18(3)37(50-23)10-7-17(2)16-46-37/h17-31,33,38-43,45H,6-16H2,1-5H3. The van der Waals surface area contributed by atoms with Crippen molar-refractivity contribution in [3.63, 3.8) is 0 Å². The second-order valence-electron chi connectivity index (χ2n) is 17.7. The highest BCUT2D eigenvalue weighted by Crippen LogP contribution is 2.72. The molecule has 50 heavy (non-hydrogen) atoms. The molecular formula is C37H60O13. The summed E-state index contributed by atoms with van der Waals surface area (Å²) in [6.45, 7) is 10.6. The van der Waals surface area contributed by atoms with Gasteiger partial charge in [0.1, 0.15) is 30.5 Å². The van der Waals surface area contributed by atoms with Crippen LogP contribution in [0.25, 0.3) is 0 Å². The van der Waals surface area contributed by atoms with Crippen molar-refractivity contribution in [1.29, 1.82) is 0 Å². The van der Waals surface area contributed by atoms with Crippen molar-refractivity contribution in [2.24, 2.45) is 46.3 Å². The highest BCUT2D eigenvalue weighted by Gasteiger charge is 2.73. The molecule has 3 saturated heterocycles. The van der Waals surface area contributed by atoms with E-state index >= 15 is 0 Å². The van der Waals surface area contributed by atoms with Gasteiger partial charge in [-0.2, -0.15) is 0 Å². The van der Waals surface area contributed by atoms with Crippen LogP contribution < -0.4 is 0 Å². The van der Waals surface area contributed by atoms with Crippen molar-refractivity contribution in [3.8, 4) is 0 Å². The molecule has 0 bridgehead atoms. The normalized spacial score (nSPS) is 56.6. The summed E-state index contributed by atoms with van der Waals surface area (Å²) < 4.78 is 31.1. The maximum absolute atomic E-state index is 12.9. The van der Waals surface area contributed by atoms with E-state index in [2.05, 4.69) is 20.8 Å². The monoisotopic (exact) mass is 712 g/mol. The molecule has 0 radical (unpaired) electrons. The number of carbonyl (C=O) groups is 1. The lowest BCUT2D eigenvalue weighted by atomic mass is 9.42. The highest BCUT2D eigenvalue weighted by molar-refractivity contribution is 5.74. The van der Waals surface area contributed by atoms with Crippen LogP contribution in [0.2, 0.25) is 0 Å². The van der Waals surface area contributed by atoms with Crippen LogP contribution >= 0.6 is 0 Å². The molecule has 20 unspecified atom stereocenters. The lowest BCUT2D eigenvalue weighted by Gasteiger charge is -2.66. The van der Waals surface area contributed by atoms with Gasteiger partial charge < -0.3 is 59.4 Å². The van der Waals surface area contributed by atoms with E-state index in [0.29, 0.717) is 24.9 Å². The Labute approximate surface area is 294 Å². The van der Waals surface area contributed by atoms with Gasteiger partial charge in [-0.05, 0) is 80.0 Å². The quantitative estimate of drug-likeness (QED) is 0.152. The molecular weight excluding hydrogens is 652 g/mol. The zero-order chi connectivity index (χ0) is 36.1. The van der Waals surface area contributed by atoms with Crippen molar-refractivity contribution < 1.29 is 64.2 Å². The van der Waals surface area contributed by atoms with E-state index < -0.39 is 84.5 Å². The van der Waals surface area contributed by atoms with Gasteiger partial charge in [0.2, 0.25) is 0 Å². The zero-order valence-electron chi connectivity index (χ0n) is 30.1. The van der Waals surface area contributed by atoms with E-state index in [1.165, 1.54) is 0 Å². The Morgan fingerprint density at radius 1 is 0.960 bits per heavy atom. The largest absolute Gasteiger partial charge is 0.458 e. The van der Waals surface area contributed by atoms with E-state index in [0.717, 1.165) is 32.1 Å². The summed E-state index contributed by atoms with van der Waals surface area (Å²) in [7, 11) is 0. The first-order chi connectivity index (χ1) is 23.5. The minimum Gasteiger partial charge on any atom is -0.458 e. The Morgan fingerprint density at radius 2 is 1.70 bits per heavy atom. The Hall–Kier alpha value is -0.970. The Kier molecular flexibility index (Phi) is 9.79. The fraction of sp³-hybridized carbons (Fsp3) is 0.973. The Bertz CT molecular complexity index is 1260. The van der Waals surface area contributed by atoms with Gasteiger partial charge in [-0.25, -0.2) is 4.79 Å². The van der Waals surface area contributed by atoms with Gasteiger partial charge in [0, 0.05) is 24.2 Å². The van der Waals surface area contributed by atoms with E-state index in [1.807, 2.05) is 6.92 Å². The molecule has 13 heteroatoms. The van der Waals surface area contributed by atoms with Gasteiger partial charge in [0.25, 0.3) is 0 Å². The molecule has 13 nitrogen and oxygen atoms in total. The summed E-state index contributed by atoms with van der Waals surface area (Å²) in [6.07, 6.45) is -7.24. The minimum atomic E-state index is -1.68. The molecule has 7 fully saturated rings. The third-order valence-corrected chi connectivity index (χ3v) is 15.2. The molecule has 7 rings (SSSR count). The summed E-state index contributed by atoms with van der Waals surface area (Å²) in [5, 5.41) is 76.3. The Balaban J connectivity index is 1.17. The smallest absolute Gasteiger partial charge is 0.335 e. The molecule has 0 aromatic rings. The van der Waals surface area contributed by atoms with Crippen LogP contribution in [0.5, 0.6) is 0 Å². The summed E-state index contributed by atoms with van der Waals surface area (Å²) in [5.41, 5.74) is -2.62. The molecule has 1 spiro atoms. The summed E-state index contributed by atoms with van der Waals surface area (Å²) >= 11 is 0. The van der Waals surface area contributed by atoms with E-state index in [9.17, 15) is 40.5 Å². The SMILES string of the molecule is CCC(O)C(=O)OC1CC2(O)C(O)CC3C4CC5OC6(CCC(C)CO6)C(C)C5C4(C)CCC3C2(C)CC1OC1OC(CO)C(O)C(O)C1O. The average molecular weight is 713 g/mol.